The number of rotatable bonds is 8. The highest BCUT2D eigenvalue weighted by atomic mass is 16.4. The number of carboxylic acid groups (broad SMARTS) is 1. The van der Waals surface area contributed by atoms with Gasteiger partial charge in [-0.1, -0.05) is 13.8 Å². The molecule has 5 N–H and O–H groups in total. The van der Waals surface area contributed by atoms with E-state index < -0.39 is 12.1 Å². The third-order valence-corrected chi connectivity index (χ3v) is 2.39. The van der Waals surface area contributed by atoms with Crippen molar-refractivity contribution in [2.75, 3.05) is 13.1 Å². The summed E-state index contributed by atoms with van der Waals surface area (Å²) in [4.78, 5) is 21.8. The van der Waals surface area contributed by atoms with Crippen LogP contribution in [0, 0.1) is 11.8 Å². The van der Waals surface area contributed by atoms with Gasteiger partial charge < -0.3 is 21.3 Å². The van der Waals surface area contributed by atoms with Gasteiger partial charge in [0, 0.05) is 6.42 Å². The SMILES string of the molecule is CC(C)CC(CN)CC(=O)NC[C@H](O)C(=O)O. The van der Waals surface area contributed by atoms with E-state index in [0.717, 1.165) is 6.42 Å². The maximum atomic E-state index is 11.5. The average Bonchev–Trinajstić information content (AvgIpc) is 2.23. The first kappa shape index (κ1) is 15.9. The first-order chi connectivity index (χ1) is 7.86. The number of amides is 1. The van der Waals surface area contributed by atoms with Crippen LogP contribution in [0.15, 0.2) is 0 Å². The summed E-state index contributed by atoms with van der Waals surface area (Å²) in [5.74, 6) is -1.07. The molecular formula is C11H22N2O4. The molecule has 0 saturated heterocycles. The summed E-state index contributed by atoms with van der Waals surface area (Å²) < 4.78 is 0. The highest BCUT2D eigenvalue weighted by molar-refractivity contribution is 5.78. The number of aliphatic hydroxyl groups excluding tert-OH is 1. The number of aliphatic carboxylic acids is 1. The molecule has 0 aliphatic carbocycles. The molecule has 100 valence electrons. The smallest absolute Gasteiger partial charge is 0.334 e. The predicted octanol–water partition coefficient (Wildman–Crippen LogP) is -0.441. The number of carbonyl (C=O) groups excluding carboxylic acids is 1. The van der Waals surface area contributed by atoms with Gasteiger partial charge in [0.15, 0.2) is 6.10 Å². The molecule has 0 heterocycles. The van der Waals surface area contributed by atoms with Crippen LogP contribution in [0.25, 0.3) is 0 Å². The third kappa shape index (κ3) is 7.70. The average molecular weight is 246 g/mol. The molecule has 0 aliphatic rings. The Morgan fingerprint density at radius 2 is 1.94 bits per heavy atom. The fraction of sp³-hybridized carbons (Fsp3) is 0.818. The van der Waals surface area contributed by atoms with Crippen molar-refractivity contribution in [2.24, 2.45) is 17.6 Å². The fourth-order valence-corrected chi connectivity index (χ4v) is 1.56. The van der Waals surface area contributed by atoms with Crippen molar-refractivity contribution < 1.29 is 19.8 Å². The summed E-state index contributed by atoms with van der Waals surface area (Å²) in [6, 6.07) is 0. The Balaban J connectivity index is 3.94. The van der Waals surface area contributed by atoms with E-state index in [0.29, 0.717) is 12.5 Å². The molecule has 0 aliphatic heterocycles. The quantitative estimate of drug-likeness (QED) is 0.464. The van der Waals surface area contributed by atoms with E-state index in [9.17, 15) is 9.59 Å². The molecule has 0 spiro atoms. The lowest BCUT2D eigenvalue weighted by atomic mass is 9.94. The van der Waals surface area contributed by atoms with Gasteiger partial charge in [-0.2, -0.15) is 0 Å². The molecule has 0 radical (unpaired) electrons. The van der Waals surface area contributed by atoms with E-state index in [1.54, 1.807) is 0 Å². The molecule has 2 atom stereocenters. The number of nitrogens with one attached hydrogen (secondary N) is 1. The minimum absolute atomic E-state index is 0.0944. The highest BCUT2D eigenvalue weighted by Crippen LogP contribution is 2.13. The molecule has 0 fully saturated rings. The number of hydrogen-bond donors (Lipinski definition) is 4. The van der Waals surface area contributed by atoms with Crippen LogP contribution in [0.1, 0.15) is 26.7 Å². The Morgan fingerprint density at radius 1 is 1.35 bits per heavy atom. The standard InChI is InChI=1S/C11H22N2O4/c1-7(2)3-8(5-12)4-10(15)13-6-9(14)11(16)17/h7-9,14H,3-6,12H2,1-2H3,(H,13,15)(H,16,17)/t8?,9-/m0/s1. The second kappa shape index (κ2) is 8.03. The Kier molecular flexibility index (Phi) is 7.49. The second-order valence-corrected chi connectivity index (χ2v) is 4.59. The fourth-order valence-electron chi connectivity index (χ4n) is 1.56. The second-order valence-electron chi connectivity index (χ2n) is 4.59. The molecule has 0 aromatic carbocycles. The molecule has 0 saturated carbocycles. The van der Waals surface area contributed by atoms with Crippen LogP contribution in [0.4, 0.5) is 0 Å². The molecular weight excluding hydrogens is 224 g/mol. The third-order valence-electron chi connectivity index (χ3n) is 2.39. The number of nitrogens with two attached hydrogens (primary N) is 1. The van der Waals surface area contributed by atoms with Crippen molar-refractivity contribution in [1.82, 2.24) is 5.32 Å². The van der Waals surface area contributed by atoms with E-state index in [1.165, 1.54) is 0 Å². The van der Waals surface area contributed by atoms with Crippen molar-refractivity contribution >= 4 is 11.9 Å². The van der Waals surface area contributed by atoms with Gasteiger partial charge in [0.1, 0.15) is 0 Å². The van der Waals surface area contributed by atoms with Gasteiger partial charge in [-0.15, -0.1) is 0 Å². The lowest BCUT2D eigenvalue weighted by Crippen LogP contribution is -2.37. The Morgan fingerprint density at radius 3 is 2.35 bits per heavy atom. The Bertz CT molecular complexity index is 256. The summed E-state index contributed by atoms with van der Waals surface area (Å²) in [6.07, 6.45) is -0.438. The number of hydrogen-bond acceptors (Lipinski definition) is 4. The molecule has 1 amide bonds. The van der Waals surface area contributed by atoms with Gasteiger partial charge in [-0.25, -0.2) is 4.79 Å². The van der Waals surface area contributed by atoms with Crippen molar-refractivity contribution in [3.8, 4) is 0 Å². The number of carbonyl (C=O) groups is 2. The largest absolute Gasteiger partial charge is 0.479 e. The zero-order valence-corrected chi connectivity index (χ0v) is 10.3. The monoisotopic (exact) mass is 246 g/mol. The van der Waals surface area contributed by atoms with Crippen LogP contribution in [-0.4, -0.2) is 41.3 Å². The van der Waals surface area contributed by atoms with E-state index in [1.807, 2.05) is 0 Å². The van der Waals surface area contributed by atoms with E-state index in [2.05, 4.69) is 19.2 Å². The highest BCUT2D eigenvalue weighted by Gasteiger charge is 2.17. The maximum Gasteiger partial charge on any atom is 0.334 e. The van der Waals surface area contributed by atoms with Crippen molar-refractivity contribution in [3.63, 3.8) is 0 Å². The van der Waals surface area contributed by atoms with Gasteiger partial charge in [-0.3, -0.25) is 4.79 Å². The minimum Gasteiger partial charge on any atom is -0.479 e. The van der Waals surface area contributed by atoms with Gasteiger partial charge in [-0.05, 0) is 24.8 Å². The first-order valence-electron chi connectivity index (χ1n) is 5.74. The van der Waals surface area contributed by atoms with Crippen molar-refractivity contribution in [1.29, 1.82) is 0 Å². The first-order valence-corrected chi connectivity index (χ1v) is 5.74. The maximum absolute atomic E-state index is 11.5. The lowest BCUT2D eigenvalue weighted by molar-refractivity contribution is -0.146. The number of carboxylic acids is 1. The van der Waals surface area contributed by atoms with Crippen LogP contribution < -0.4 is 11.1 Å². The van der Waals surface area contributed by atoms with Crippen LogP contribution in [0.5, 0.6) is 0 Å². The Hall–Kier alpha value is -1.14. The van der Waals surface area contributed by atoms with Crippen LogP contribution in [0.3, 0.4) is 0 Å². The molecule has 6 heteroatoms. The molecule has 1 unspecified atom stereocenters. The molecule has 0 aromatic heterocycles. The van der Waals surface area contributed by atoms with Crippen molar-refractivity contribution in [2.45, 2.75) is 32.8 Å². The zero-order chi connectivity index (χ0) is 13.4. The summed E-state index contributed by atoms with van der Waals surface area (Å²) in [6.45, 7) is 4.25. The predicted molar refractivity (Wildman–Crippen MR) is 63.3 cm³/mol. The normalized spacial score (nSPS) is 14.4. The summed E-state index contributed by atoms with van der Waals surface area (Å²) in [5, 5.41) is 19.8. The van der Waals surface area contributed by atoms with E-state index in [4.69, 9.17) is 15.9 Å². The van der Waals surface area contributed by atoms with Gasteiger partial charge in [0.05, 0.1) is 6.54 Å². The molecule has 17 heavy (non-hydrogen) atoms. The van der Waals surface area contributed by atoms with Gasteiger partial charge in [0.25, 0.3) is 0 Å². The molecule has 0 rings (SSSR count). The van der Waals surface area contributed by atoms with E-state index >= 15 is 0 Å². The van der Waals surface area contributed by atoms with Crippen LogP contribution >= 0.6 is 0 Å². The van der Waals surface area contributed by atoms with Gasteiger partial charge >= 0.3 is 5.97 Å². The molecule has 0 bridgehead atoms. The molecule has 6 nitrogen and oxygen atoms in total. The van der Waals surface area contributed by atoms with Crippen molar-refractivity contribution in [3.05, 3.63) is 0 Å². The summed E-state index contributed by atoms with van der Waals surface area (Å²) in [7, 11) is 0. The Labute approximate surface area is 101 Å². The molecule has 0 aromatic rings. The minimum atomic E-state index is -1.56. The van der Waals surface area contributed by atoms with Crippen LogP contribution in [-0.2, 0) is 9.59 Å². The summed E-state index contributed by atoms with van der Waals surface area (Å²) in [5.41, 5.74) is 5.55. The lowest BCUT2D eigenvalue weighted by Gasteiger charge is -2.16. The van der Waals surface area contributed by atoms with Crippen LogP contribution in [0.2, 0.25) is 0 Å². The summed E-state index contributed by atoms with van der Waals surface area (Å²) >= 11 is 0. The zero-order valence-electron chi connectivity index (χ0n) is 10.3. The van der Waals surface area contributed by atoms with Gasteiger partial charge in [0.2, 0.25) is 5.91 Å². The topological polar surface area (TPSA) is 113 Å². The van der Waals surface area contributed by atoms with E-state index in [-0.39, 0.29) is 24.8 Å². The number of aliphatic hydroxyl groups is 1.